The molecule has 16 heavy (non-hydrogen) atoms. The Labute approximate surface area is 108 Å². The van der Waals surface area contributed by atoms with E-state index in [1.54, 1.807) is 0 Å². The van der Waals surface area contributed by atoms with Crippen LogP contribution in [0.5, 0.6) is 0 Å². The van der Waals surface area contributed by atoms with Crippen molar-refractivity contribution >= 4 is 27.5 Å². The Hall–Kier alpha value is -0.120. The predicted octanol–water partition coefficient (Wildman–Crippen LogP) is 4.47. The monoisotopic (exact) mass is 306 g/mol. The Morgan fingerprint density at radius 1 is 1.50 bits per heavy atom. The van der Waals surface area contributed by atoms with Gasteiger partial charge >= 0.3 is 0 Å². The van der Waals surface area contributed by atoms with E-state index < -0.39 is 11.9 Å². The van der Waals surface area contributed by atoms with E-state index in [1.807, 2.05) is 0 Å². The molecule has 0 radical (unpaired) electrons. The van der Waals surface area contributed by atoms with E-state index in [-0.39, 0.29) is 0 Å². The van der Waals surface area contributed by atoms with Gasteiger partial charge in [0.25, 0.3) is 0 Å². The lowest BCUT2D eigenvalue weighted by Gasteiger charge is -2.27. The molecule has 1 aliphatic carbocycles. The second-order valence-electron chi connectivity index (χ2n) is 4.34. The van der Waals surface area contributed by atoms with E-state index in [9.17, 15) is 9.50 Å². The Morgan fingerprint density at radius 3 is 2.75 bits per heavy atom. The second kappa shape index (κ2) is 5.03. The topological polar surface area (TPSA) is 20.2 Å². The number of hydrogen-bond donors (Lipinski definition) is 1. The van der Waals surface area contributed by atoms with Gasteiger partial charge in [-0.3, -0.25) is 0 Å². The van der Waals surface area contributed by atoms with E-state index in [4.69, 9.17) is 11.6 Å². The summed E-state index contributed by atoms with van der Waals surface area (Å²) in [5, 5.41) is 10.4. The number of benzene rings is 1. The van der Waals surface area contributed by atoms with Gasteiger partial charge in [-0.1, -0.05) is 30.9 Å². The van der Waals surface area contributed by atoms with Crippen molar-refractivity contribution in [1.82, 2.24) is 0 Å². The summed E-state index contributed by atoms with van der Waals surface area (Å²) in [6.45, 7) is 0. The largest absolute Gasteiger partial charge is 0.388 e. The predicted molar refractivity (Wildman–Crippen MR) is 66.0 cm³/mol. The average Bonchev–Trinajstić information content (AvgIpc) is 2.17. The third-order valence-corrected chi connectivity index (χ3v) is 4.38. The highest BCUT2D eigenvalue weighted by molar-refractivity contribution is 9.10. The molecule has 0 saturated heterocycles. The van der Waals surface area contributed by atoms with Crippen molar-refractivity contribution < 1.29 is 9.50 Å². The molecule has 1 N–H and O–H groups in total. The van der Waals surface area contributed by atoms with E-state index in [0.717, 1.165) is 12.8 Å². The van der Waals surface area contributed by atoms with Crippen molar-refractivity contribution in [3.05, 3.63) is 33.0 Å². The number of aliphatic hydroxyl groups excluding tert-OH is 1. The van der Waals surface area contributed by atoms with Gasteiger partial charge in [-0.2, -0.15) is 0 Å². The molecule has 1 nitrogen and oxygen atoms in total. The van der Waals surface area contributed by atoms with Crippen LogP contribution in [0.4, 0.5) is 4.39 Å². The third kappa shape index (κ3) is 2.58. The molecule has 4 heteroatoms. The highest BCUT2D eigenvalue weighted by Crippen LogP contribution is 2.37. The van der Waals surface area contributed by atoms with E-state index in [2.05, 4.69) is 15.9 Å². The molecule has 0 aromatic heterocycles. The normalized spacial score (nSPS) is 18.2. The fourth-order valence-electron chi connectivity index (χ4n) is 1.96. The van der Waals surface area contributed by atoms with Gasteiger partial charge in [0.05, 0.1) is 11.1 Å². The Morgan fingerprint density at radius 2 is 2.19 bits per heavy atom. The molecule has 1 fully saturated rings. The summed E-state index contributed by atoms with van der Waals surface area (Å²) < 4.78 is 14.1. The van der Waals surface area contributed by atoms with Crippen molar-refractivity contribution in [2.24, 2.45) is 5.92 Å². The highest BCUT2D eigenvalue weighted by Gasteiger charge is 2.23. The van der Waals surface area contributed by atoms with Gasteiger partial charge in [-0.15, -0.1) is 0 Å². The molecule has 1 aromatic rings. The van der Waals surface area contributed by atoms with Crippen molar-refractivity contribution in [3.8, 4) is 0 Å². The summed E-state index contributed by atoms with van der Waals surface area (Å²) in [5.74, 6) is 0.139. The van der Waals surface area contributed by atoms with Gasteiger partial charge in [0.15, 0.2) is 0 Å². The fourth-order valence-corrected chi connectivity index (χ4v) is 2.45. The zero-order valence-corrected chi connectivity index (χ0v) is 11.1. The van der Waals surface area contributed by atoms with Crippen LogP contribution in [0.2, 0.25) is 5.02 Å². The van der Waals surface area contributed by atoms with Crippen molar-refractivity contribution in [1.29, 1.82) is 0 Å². The lowest BCUT2D eigenvalue weighted by Crippen LogP contribution is -2.15. The average molecular weight is 308 g/mol. The van der Waals surface area contributed by atoms with Crippen LogP contribution in [0.15, 0.2) is 16.6 Å². The molecular weight excluding hydrogens is 294 g/mol. The third-order valence-electron chi connectivity index (χ3n) is 3.18. The lowest BCUT2D eigenvalue weighted by atomic mass is 9.80. The minimum Gasteiger partial charge on any atom is -0.388 e. The Balaban J connectivity index is 2.14. The summed E-state index contributed by atoms with van der Waals surface area (Å²) in [4.78, 5) is 0. The van der Waals surface area contributed by atoms with Crippen LogP contribution in [-0.4, -0.2) is 5.11 Å². The van der Waals surface area contributed by atoms with Crippen LogP contribution in [-0.2, 0) is 0 Å². The molecule has 0 heterocycles. The maximum absolute atomic E-state index is 13.6. The summed E-state index contributed by atoms with van der Waals surface area (Å²) in [6.07, 6.45) is 3.40. The summed E-state index contributed by atoms with van der Waals surface area (Å²) in [7, 11) is 0. The van der Waals surface area contributed by atoms with Crippen molar-refractivity contribution in [2.45, 2.75) is 31.8 Å². The SMILES string of the molecule is OC(CC1CCC1)c1cc(Cl)c(Br)cc1F. The number of hydrogen-bond acceptors (Lipinski definition) is 1. The molecule has 0 bridgehead atoms. The molecule has 0 amide bonds. The van der Waals surface area contributed by atoms with Gasteiger partial charge in [-0.25, -0.2) is 4.39 Å². The molecule has 1 aromatic carbocycles. The lowest BCUT2D eigenvalue weighted by molar-refractivity contribution is 0.115. The minimum atomic E-state index is -0.740. The molecule has 1 aliphatic rings. The molecule has 1 saturated carbocycles. The van der Waals surface area contributed by atoms with Crippen LogP contribution >= 0.6 is 27.5 Å². The summed E-state index contributed by atoms with van der Waals surface area (Å²) in [5.41, 5.74) is 0.306. The fraction of sp³-hybridized carbons (Fsp3) is 0.500. The first-order valence-corrected chi connectivity index (χ1v) is 6.57. The van der Waals surface area contributed by atoms with Crippen LogP contribution in [0.1, 0.15) is 37.4 Å². The molecule has 88 valence electrons. The van der Waals surface area contributed by atoms with Crippen molar-refractivity contribution in [2.75, 3.05) is 0 Å². The first-order valence-electron chi connectivity index (χ1n) is 5.40. The zero-order valence-electron chi connectivity index (χ0n) is 8.72. The van der Waals surface area contributed by atoms with Crippen molar-refractivity contribution in [3.63, 3.8) is 0 Å². The van der Waals surface area contributed by atoms with Crippen LogP contribution in [0, 0.1) is 11.7 Å². The zero-order chi connectivity index (χ0) is 11.7. The number of halogens is 3. The summed E-state index contributed by atoms with van der Waals surface area (Å²) in [6, 6.07) is 2.81. The summed E-state index contributed by atoms with van der Waals surface area (Å²) >= 11 is 9.04. The van der Waals surface area contributed by atoms with Crippen LogP contribution < -0.4 is 0 Å². The number of rotatable bonds is 3. The van der Waals surface area contributed by atoms with Crippen LogP contribution in [0.3, 0.4) is 0 Å². The molecule has 0 aliphatic heterocycles. The van der Waals surface area contributed by atoms with Gasteiger partial charge in [0.2, 0.25) is 0 Å². The molecular formula is C12H13BrClFO. The quantitative estimate of drug-likeness (QED) is 0.817. The highest BCUT2D eigenvalue weighted by atomic mass is 79.9. The first-order chi connectivity index (χ1) is 7.58. The van der Waals surface area contributed by atoms with E-state index >= 15 is 0 Å². The molecule has 1 unspecified atom stereocenters. The van der Waals surface area contributed by atoms with E-state index in [1.165, 1.54) is 18.6 Å². The molecule has 2 rings (SSSR count). The Kier molecular flexibility index (Phi) is 3.88. The standard InChI is InChI=1S/C12H13BrClFO/c13-9-6-11(15)8(5-10(9)14)12(16)4-7-2-1-3-7/h5-7,12,16H,1-4H2. The minimum absolute atomic E-state index is 0.306. The van der Waals surface area contributed by atoms with Gasteiger partial charge < -0.3 is 5.11 Å². The smallest absolute Gasteiger partial charge is 0.130 e. The maximum Gasteiger partial charge on any atom is 0.130 e. The van der Waals surface area contributed by atoms with Gasteiger partial charge in [0.1, 0.15) is 5.82 Å². The van der Waals surface area contributed by atoms with Crippen LogP contribution in [0.25, 0.3) is 0 Å². The van der Waals surface area contributed by atoms with Gasteiger partial charge in [-0.05, 0) is 40.4 Å². The molecule has 0 spiro atoms. The van der Waals surface area contributed by atoms with Gasteiger partial charge in [0, 0.05) is 10.0 Å². The Bertz CT molecular complexity index is 393. The maximum atomic E-state index is 13.6. The first kappa shape index (κ1) is 12.3. The number of aliphatic hydroxyl groups is 1. The second-order valence-corrected chi connectivity index (χ2v) is 5.60. The van der Waals surface area contributed by atoms with E-state index in [0.29, 0.717) is 27.4 Å². The molecule has 1 atom stereocenters.